The molecule has 0 radical (unpaired) electrons. The van der Waals surface area contributed by atoms with E-state index < -0.39 is 19.0 Å². The van der Waals surface area contributed by atoms with E-state index in [4.69, 9.17) is 4.55 Å². The highest BCUT2D eigenvalue weighted by molar-refractivity contribution is 8.70. The molecule has 0 aliphatic heterocycles. The average Bonchev–Trinajstić information content (AvgIpc) is 2.14. The van der Waals surface area contributed by atoms with Crippen molar-refractivity contribution in [1.29, 1.82) is 0 Å². The van der Waals surface area contributed by atoms with Gasteiger partial charge in [0.25, 0.3) is 0 Å². The van der Waals surface area contributed by atoms with Crippen molar-refractivity contribution in [2.75, 3.05) is 17.3 Å². The van der Waals surface area contributed by atoms with Gasteiger partial charge in [-0.2, -0.15) is 8.42 Å². The molecular weight excluding hydrogens is 284 g/mol. The fourth-order valence-corrected chi connectivity index (χ4v) is 4.88. The van der Waals surface area contributed by atoms with Gasteiger partial charge in [-0.05, 0) is 17.2 Å². The van der Waals surface area contributed by atoms with Gasteiger partial charge in [0.05, 0.1) is 11.5 Å². The highest BCUT2D eigenvalue weighted by Gasteiger charge is 2.13. The van der Waals surface area contributed by atoms with E-state index in [-0.39, 0.29) is 28.1 Å². The zero-order valence-corrected chi connectivity index (χ0v) is 12.4. The molecule has 0 saturated heterocycles. The largest absolute Gasteiger partial charge is 0.319 e. The standard InChI is InChI=1S/C9H20O5S3/c1-2-3-4-5-6-8-16(10,11)9-7-15-17(12,13)14/h2-9H2,1H3,(H,12,13,14). The molecule has 0 unspecified atom stereocenters. The van der Waals surface area contributed by atoms with Crippen LogP contribution in [0.25, 0.3) is 0 Å². The Bertz CT molecular complexity index is 385. The fraction of sp³-hybridized carbons (Fsp3) is 1.00. The van der Waals surface area contributed by atoms with Crippen LogP contribution in [-0.2, 0) is 19.0 Å². The van der Waals surface area contributed by atoms with Crippen LogP contribution < -0.4 is 0 Å². The summed E-state index contributed by atoms with van der Waals surface area (Å²) in [6.07, 6.45) is 4.76. The summed E-state index contributed by atoms with van der Waals surface area (Å²) >= 11 is 0. The van der Waals surface area contributed by atoms with Gasteiger partial charge in [0.15, 0.2) is 9.84 Å². The van der Waals surface area contributed by atoms with Crippen LogP contribution in [0.5, 0.6) is 0 Å². The molecule has 0 saturated carbocycles. The maximum atomic E-state index is 11.5. The first-order valence-corrected chi connectivity index (χ1v) is 10.4. The van der Waals surface area contributed by atoms with Gasteiger partial charge in [-0.25, -0.2) is 8.42 Å². The molecule has 0 aromatic heterocycles. The number of unbranched alkanes of at least 4 members (excludes halogenated alkanes) is 4. The Hall–Kier alpha value is 0.210. The van der Waals surface area contributed by atoms with E-state index in [2.05, 4.69) is 6.92 Å². The molecule has 0 bridgehead atoms. The lowest BCUT2D eigenvalue weighted by atomic mass is 10.2. The first kappa shape index (κ1) is 17.2. The molecule has 1 N–H and O–H groups in total. The van der Waals surface area contributed by atoms with Gasteiger partial charge in [-0.1, -0.05) is 32.6 Å². The Morgan fingerprint density at radius 2 is 1.53 bits per heavy atom. The molecule has 0 rings (SSSR count). The van der Waals surface area contributed by atoms with Crippen molar-refractivity contribution in [3.8, 4) is 0 Å². The zero-order valence-electron chi connectivity index (χ0n) is 9.96. The highest BCUT2D eigenvalue weighted by Crippen LogP contribution is 2.11. The summed E-state index contributed by atoms with van der Waals surface area (Å²) in [6, 6.07) is 0. The smallest absolute Gasteiger partial charge is 0.277 e. The minimum Gasteiger partial charge on any atom is -0.277 e. The minimum absolute atomic E-state index is 0.1000. The first-order chi connectivity index (χ1) is 7.77. The van der Waals surface area contributed by atoms with Crippen LogP contribution in [0.2, 0.25) is 0 Å². The molecular formula is C9H20O5S3. The average molecular weight is 304 g/mol. The van der Waals surface area contributed by atoms with E-state index >= 15 is 0 Å². The van der Waals surface area contributed by atoms with Crippen molar-refractivity contribution in [2.24, 2.45) is 0 Å². The van der Waals surface area contributed by atoms with Crippen LogP contribution in [-0.4, -0.2) is 38.6 Å². The van der Waals surface area contributed by atoms with Gasteiger partial charge in [-0.15, -0.1) is 0 Å². The normalized spacial score (nSPS) is 12.8. The van der Waals surface area contributed by atoms with Gasteiger partial charge >= 0.3 is 9.15 Å². The van der Waals surface area contributed by atoms with Crippen LogP contribution >= 0.6 is 10.8 Å². The Morgan fingerprint density at radius 3 is 2.06 bits per heavy atom. The molecule has 0 atom stereocenters. The van der Waals surface area contributed by atoms with Gasteiger partial charge in [-0.3, -0.25) is 4.55 Å². The Morgan fingerprint density at radius 1 is 0.941 bits per heavy atom. The maximum absolute atomic E-state index is 11.5. The summed E-state index contributed by atoms with van der Waals surface area (Å²) in [7, 11) is -7.06. The lowest BCUT2D eigenvalue weighted by Crippen LogP contribution is -2.13. The third-order valence-electron chi connectivity index (χ3n) is 2.19. The molecule has 0 amide bonds. The predicted molar refractivity (Wildman–Crippen MR) is 71.4 cm³/mol. The summed E-state index contributed by atoms with van der Waals surface area (Å²) in [6.45, 7) is 2.09. The first-order valence-electron chi connectivity index (χ1n) is 5.59. The van der Waals surface area contributed by atoms with Crippen molar-refractivity contribution in [3.63, 3.8) is 0 Å². The van der Waals surface area contributed by atoms with Gasteiger partial charge < -0.3 is 0 Å². The fourth-order valence-electron chi connectivity index (χ4n) is 1.29. The molecule has 0 fully saturated rings. The second-order valence-electron chi connectivity index (χ2n) is 3.82. The van der Waals surface area contributed by atoms with Crippen LogP contribution in [0.3, 0.4) is 0 Å². The van der Waals surface area contributed by atoms with Gasteiger partial charge in [0.2, 0.25) is 0 Å². The summed E-state index contributed by atoms with van der Waals surface area (Å²) in [5.41, 5.74) is 0. The second kappa shape index (κ2) is 8.34. The molecule has 5 nitrogen and oxygen atoms in total. The number of sulfone groups is 1. The second-order valence-corrected chi connectivity index (χ2v) is 9.59. The SMILES string of the molecule is CCCCCCCS(=O)(=O)CCSS(=O)(=O)O. The lowest BCUT2D eigenvalue weighted by molar-refractivity contribution is 0.503. The van der Waals surface area contributed by atoms with Gasteiger partial charge in [0, 0.05) is 5.75 Å². The molecule has 0 spiro atoms. The summed E-state index contributed by atoms with van der Waals surface area (Å²) in [4.78, 5) is 0. The molecule has 0 aliphatic rings. The predicted octanol–water partition coefficient (Wildman–Crippen LogP) is 1.91. The molecule has 104 valence electrons. The van der Waals surface area contributed by atoms with Crippen molar-refractivity contribution >= 4 is 29.8 Å². The van der Waals surface area contributed by atoms with E-state index in [9.17, 15) is 16.8 Å². The van der Waals surface area contributed by atoms with E-state index in [1.165, 1.54) is 0 Å². The molecule has 8 heteroatoms. The van der Waals surface area contributed by atoms with Gasteiger partial charge in [0.1, 0.15) is 0 Å². The third-order valence-corrected chi connectivity index (χ3v) is 6.24. The van der Waals surface area contributed by atoms with Crippen LogP contribution in [0.1, 0.15) is 39.0 Å². The Balaban J connectivity index is 3.74. The Labute approximate surface area is 107 Å². The highest BCUT2D eigenvalue weighted by atomic mass is 33.1. The molecule has 17 heavy (non-hydrogen) atoms. The molecule has 0 aromatic rings. The van der Waals surface area contributed by atoms with Crippen LogP contribution in [0, 0.1) is 0 Å². The Kier molecular flexibility index (Phi) is 8.44. The van der Waals surface area contributed by atoms with E-state index in [1.807, 2.05) is 0 Å². The quantitative estimate of drug-likeness (QED) is 0.377. The minimum atomic E-state index is -4.13. The zero-order chi connectivity index (χ0) is 13.4. The van der Waals surface area contributed by atoms with E-state index in [1.54, 1.807) is 0 Å². The van der Waals surface area contributed by atoms with Crippen LogP contribution in [0.15, 0.2) is 0 Å². The number of hydrogen-bond acceptors (Lipinski definition) is 5. The summed E-state index contributed by atoms with van der Waals surface area (Å²) in [5.74, 6) is -0.218. The number of hydrogen-bond donors (Lipinski definition) is 1. The lowest BCUT2D eigenvalue weighted by Gasteiger charge is -2.03. The van der Waals surface area contributed by atoms with Crippen molar-refractivity contribution in [3.05, 3.63) is 0 Å². The molecule has 0 aliphatic carbocycles. The summed E-state index contributed by atoms with van der Waals surface area (Å²) in [5, 5.41) is 0. The molecule has 0 heterocycles. The maximum Gasteiger partial charge on any atom is 0.319 e. The van der Waals surface area contributed by atoms with E-state index in [0.717, 1.165) is 25.7 Å². The van der Waals surface area contributed by atoms with Crippen molar-refractivity contribution in [1.82, 2.24) is 0 Å². The topological polar surface area (TPSA) is 88.5 Å². The summed E-state index contributed by atoms with van der Waals surface area (Å²) < 4.78 is 52.1. The monoisotopic (exact) mass is 304 g/mol. The van der Waals surface area contributed by atoms with Crippen LogP contribution in [0.4, 0.5) is 0 Å². The van der Waals surface area contributed by atoms with E-state index in [0.29, 0.717) is 6.42 Å². The number of rotatable bonds is 10. The molecule has 0 aromatic carbocycles. The third kappa shape index (κ3) is 12.5. The van der Waals surface area contributed by atoms with Crippen molar-refractivity contribution in [2.45, 2.75) is 39.0 Å². The van der Waals surface area contributed by atoms with Crippen molar-refractivity contribution < 1.29 is 21.4 Å².